The largest absolute Gasteiger partial charge is 0.462 e. The molecule has 0 fully saturated rings. The Morgan fingerprint density at radius 3 is 2.60 bits per heavy atom. The Balaban J connectivity index is 2.28. The van der Waals surface area contributed by atoms with Crippen molar-refractivity contribution in [1.82, 2.24) is 20.6 Å². The lowest BCUT2D eigenvalue weighted by Crippen LogP contribution is -2.36. The second kappa shape index (κ2) is 11.2. The molecule has 2 aromatic rings. The van der Waals surface area contributed by atoms with Crippen LogP contribution in [0.15, 0.2) is 18.3 Å². The van der Waals surface area contributed by atoms with Crippen LogP contribution in [0.5, 0.6) is 0 Å². The fourth-order valence-electron chi connectivity index (χ4n) is 2.43. The molecule has 11 heteroatoms. The van der Waals surface area contributed by atoms with Crippen molar-refractivity contribution in [1.29, 1.82) is 0 Å². The number of esters is 1. The highest BCUT2D eigenvalue weighted by atomic mass is 32.1. The van der Waals surface area contributed by atoms with E-state index < -0.39 is 11.9 Å². The Labute approximate surface area is 178 Å². The van der Waals surface area contributed by atoms with Crippen LogP contribution in [0.2, 0.25) is 0 Å². The fraction of sp³-hybridized carbons (Fsp3) is 0.421. The predicted octanol–water partition coefficient (Wildman–Crippen LogP) is 2.29. The lowest BCUT2D eigenvalue weighted by molar-refractivity contribution is 0.0527. The molecule has 3 N–H and O–H groups in total. The van der Waals surface area contributed by atoms with Crippen LogP contribution < -0.4 is 16.0 Å². The molecule has 0 saturated heterocycles. The quantitative estimate of drug-likeness (QED) is 0.515. The van der Waals surface area contributed by atoms with Crippen molar-refractivity contribution in [3.63, 3.8) is 0 Å². The van der Waals surface area contributed by atoms with E-state index in [1.54, 1.807) is 26.0 Å². The zero-order valence-electron chi connectivity index (χ0n) is 17.3. The minimum atomic E-state index is -0.617. The molecule has 0 bridgehead atoms. The first-order chi connectivity index (χ1) is 14.4. The van der Waals surface area contributed by atoms with E-state index in [9.17, 15) is 14.4 Å². The molecule has 2 rings (SSSR count). The van der Waals surface area contributed by atoms with E-state index in [-0.39, 0.29) is 29.3 Å². The third-order valence-electron chi connectivity index (χ3n) is 3.69. The van der Waals surface area contributed by atoms with E-state index in [2.05, 4.69) is 25.9 Å². The maximum Gasteiger partial charge on any atom is 0.350 e. The van der Waals surface area contributed by atoms with E-state index in [4.69, 9.17) is 9.47 Å². The predicted molar refractivity (Wildman–Crippen MR) is 113 cm³/mol. The molecule has 10 nitrogen and oxygen atoms in total. The van der Waals surface area contributed by atoms with Gasteiger partial charge in [-0.2, -0.15) is 0 Å². The molecule has 1 unspecified atom stereocenters. The van der Waals surface area contributed by atoms with Gasteiger partial charge in [-0.25, -0.2) is 19.6 Å². The zero-order valence-corrected chi connectivity index (χ0v) is 18.1. The lowest BCUT2D eigenvalue weighted by atomic mass is 10.2. The number of anilines is 1. The molecule has 0 aliphatic carbocycles. The number of carbonyl (C=O) groups is 3. The molecule has 2 aromatic heterocycles. The second-order valence-electron chi connectivity index (χ2n) is 6.16. The van der Waals surface area contributed by atoms with Gasteiger partial charge in [0.2, 0.25) is 0 Å². The van der Waals surface area contributed by atoms with Gasteiger partial charge in [0.15, 0.2) is 5.69 Å². The number of hydrogen-bond acceptors (Lipinski definition) is 8. The van der Waals surface area contributed by atoms with Crippen molar-refractivity contribution in [3.8, 4) is 10.6 Å². The van der Waals surface area contributed by atoms with Crippen molar-refractivity contribution in [2.45, 2.75) is 26.8 Å². The first kappa shape index (κ1) is 23.2. The van der Waals surface area contributed by atoms with Crippen LogP contribution >= 0.6 is 11.3 Å². The van der Waals surface area contributed by atoms with Crippen LogP contribution in [-0.2, 0) is 9.47 Å². The zero-order chi connectivity index (χ0) is 22.1. The van der Waals surface area contributed by atoms with Gasteiger partial charge in [-0.3, -0.25) is 10.1 Å². The smallest absolute Gasteiger partial charge is 0.350 e. The summed E-state index contributed by atoms with van der Waals surface area (Å²) in [7, 11) is 1.53. The lowest BCUT2D eigenvalue weighted by Gasteiger charge is -2.12. The van der Waals surface area contributed by atoms with Gasteiger partial charge in [0, 0.05) is 31.5 Å². The van der Waals surface area contributed by atoms with E-state index in [1.807, 2.05) is 6.92 Å². The average molecular weight is 436 g/mol. The van der Waals surface area contributed by atoms with Gasteiger partial charge >= 0.3 is 12.0 Å². The standard InChI is InChI=1S/C19H25N5O5S/c1-5-20-19(27)23-13-8-7-12(9-21-13)17-24-14(15(30-17)18(26)29-6-2)16(25)22-11(3)10-28-4/h7-9,11H,5-6,10H2,1-4H3,(H,22,25)(H2,20,21,23,27). The molecule has 0 saturated carbocycles. The molecule has 0 aliphatic rings. The number of ether oxygens (including phenoxy) is 2. The van der Waals surface area contributed by atoms with E-state index in [0.717, 1.165) is 11.3 Å². The number of carbonyl (C=O) groups excluding carboxylic acids is 3. The monoisotopic (exact) mass is 435 g/mol. The van der Waals surface area contributed by atoms with Crippen LogP contribution in [0, 0.1) is 0 Å². The molecule has 3 amide bonds. The van der Waals surface area contributed by atoms with Crippen molar-refractivity contribution in [3.05, 3.63) is 28.9 Å². The molecule has 0 radical (unpaired) electrons. The second-order valence-corrected chi connectivity index (χ2v) is 7.16. The summed E-state index contributed by atoms with van der Waals surface area (Å²) in [4.78, 5) is 45.2. The Hall–Kier alpha value is -3.05. The molecular formula is C19H25N5O5S. The summed E-state index contributed by atoms with van der Waals surface area (Å²) < 4.78 is 10.1. The summed E-state index contributed by atoms with van der Waals surface area (Å²) in [5.74, 6) is -0.751. The topological polar surface area (TPSA) is 132 Å². The highest BCUT2D eigenvalue weighted by Gasteiger charge is 2.26. The van der Waals surface area contributed by atoms with Crippen molar-refractivity contribution in [2.75, 3.05) is 32.2 Å². The van der Waals surface area contributed by atoms with Crippen LogP contribution in [0.1, 0.15) is 40.9 Å². The van der Waals surface area contributed by atoms with Gasteiger partial charge in [-0.15, -0.1) is 11.3 Å². The first-order valence-electron chi connectivity index (χ1n) is 9.38. The van der Waals surface area contributed by atoms with Gasteiger partial charge in [0.05, 0.1) is 13.2 Å². The van der Waals surface area contributed by atoms with Crippen LogP contribution in [0.25, 0.3) is 10.6 Å². The molecule has 0 aliphatic heterocycles. The summed E-state index contributed by atoms with van der Waals surface area (Å²) in [6.45, 7) is 6.26. The highest BCUT2D eigenvalue weighted by Crippen LogP contribution is 2.29. The van der Waals surface area contributed by atoms with Gasteiger partial charge < -0.3 is 20.1 Å². The molecule has 0 aromatic carbocycles. The molecule has 30 heavy (non-hydrogen) atoms. The number of thiazole rings is 1. The SMILES string of the molecule is CCNC(=O)Nc1ccc(-c2nc(C(=O)NC(C)COC)c(C(=O)OCC)s2)cn1. The van der Waals surface area contributed by atoms with Gasteiger partial charge in [0.1, 0.15) is 15.7 Å². The Morgan fingerprint density at radius 1 is 1.23 bits per heavy atom. The molecular weight excluding hydrogens is 410 g/mol. The van der Waals surface area contributed by atoms with Gasteiger partial charge in [-0.05, 0) is 32.9 Å². The molecule has 2 heterocycles. The number of nitrogens with one attached hydrogen (secondary N) is 3. The minimum Gasteiger partial charge on any atom is -0.462 e. The third-order valence-corrected chi connectivity index (χ3v) is 4.77. The van der Waals surface area contributed by atoms with E-state index in [1.165, 1.54) is 13.3 Å². The molecule has 162 valence electrons. The number of nitrogens with zero attached hydrogens (tertiary/aromatic N) is 2. The van der Waals surface area contributed by atoms with Crippen LogP contribution in [0.4, 0.5) is 10.6 Å². The Bertz CT molecular complexity index is 884. The average Bonchev–Trinajstić information content (AvgIpc) is 3.15. The fourth-order valence-corrected chi connectivity index (χ4v) is 3.38. The highest BCUT2D eigenvalue weighted by molar-refractivity contribution is 7.17. The van der Waals surface area contributed by atoms with Crippen molar-refractivity contribution < 1.29 is 23.9 Å². The number of methoxy groups -OCH3 is 1. The summed E-state index contributed by atoms with van der Waals surface area (Å²) >= 11 is 1.04. The molecule has 0 spiro atoms. The Morgan fingerprint density at radius 2 is 2.00 bits per heavy atom. The summed E-state index contributed by atoms with van der Waals surface area (Å²) in [6.07, 6.45) is 1.50. The van der Waals surface area contributed by atoms with Crippen molar-refractivity contribution in [2.24, 2.45) is 0 Å². The summed E-state index contributed by atoms with van der Waals surface area (Å²) in [5, 5.41) is 8.38. The van der Waals surface area contributed by atoms with E-state index in [0.29, 0.717) is 29.5 Å². The normalized spacial score (nSPS) is 11.5. The van der Waals surface area contributed by atoms with Crippen LogP contribution in [0.3, 0.4) is 0 Å². The number of rotatable bonds is 9. The van der Waals surface area contributed by atoms with Gasteiger partial charge in [-0.1, -0.05) is 0 Å². The number of aromatic nitrogens is 2. The van der Waals surface area contributed by atoms with E-state index >= 15 is 0 Å². The maximum absolute atomic E-state index is 12.6. The number of urea groups is 1. The van der Waals surface area contributed by atoms with Crippen LogP contribution in [-0.4, -0.2) is 60.8 Å². The third kappa shape index (κ3) is 6.22. The summed E-state index contributed by atoms with van der Waals surface area (Å²) in [5.41, 5.74) is 0.580. The maximum atomic E-state index is 12.6. The first-order valence-corrected chi connectivity index (χ1v) is 10.2. The summed E-state index contributed by atoms with van der Waals surface area (Å²) in [6, 6.07) is 2.68. The minimum absolute atomic E-state index is 0.0130. The number of hydrogen-bond donors (Lipinski definition) is 3. The number of pyridine rings is 1. The Kier molecular flexibility index (Phi) is 8.69. The number of amides is 3. The van der Waals surface area contributed by atoms with Gasteiger partial charge in [0.25, 0.3) is 5.91 Å². The van der Waals surface area contributed by atoms with Crippen molar-refractivity contribution >= 4 is 35.1 Å². The molecule has 1 atom stereocenters.